The number of carbonyl (C=O) groups is 1. The topological polar surface area (TPSA) is 147 Å². The van der Waals surface area contributed by atoms with Crippen LogP contribution in [0.15, 0.2) is 78.0 Å². The van der Waals surface area contributed by atoms with Crippen LogP contribution in [0.1, 0.15) is 27.9 Å². The van der Waals surface area contributed by atoms with Crippen molar-refractivity contribution < 1.29 is 18.3 Å². The molecule has 0 aliphatic heterocycles. The minimum atomic E-state index is -3.62. The first-order chi connectivity index (χ1) is 17.4. The normalized spacial score (nSPS) is 11.1. The predicted octanol–water partition coefficient (Wildman–Crippen LogP) is 1.96. The Bertz CT molecular complexity index is 1560. The number of aromatic nitrogens is 2. The minimum absolute atomic E-state index is 0.0824. The van der Waals surface area contributed by atoms with Gasteiger partial charge in [-0.3, -0.25) is 15.2 Å². The second kappa shape index (κ2) is 11.1. The van der Waals surface area contributed by atoms with Crippen LogP contribution >= 0.6 is 0 Å². The van der Waals surface area contributed by atoms with Gasteiger partial charge in [-0.05, 0) is 55.0 Å². The maximum Gasteiger partial charge on any atom is 0.265 e. The third-order valence-corrected chi connectivity index (χ3v) is 6.79. The number of hydrazine groups is 1. The molecule has 182 valence electrons. The zero-order valence-electron chi connectivity index (χ0n) is 19.1. The Balaban J connectivity index is 1.53. The number of amides is 1. The van der Waals surface area contributed by atoms with E-state index in [0.717, 1.165) is 11.1 Å². The third kappa shape index (κ3) is 5.73. The number of carbonyl (C=O) groups excluding carboxylic acids is 1. The molecule has 4 rings (SSSR count). The first kappa shape index (κ1) is 25.0. The predicted molar refractivity (Wildman–Crippen MR) is 136 cm³/mol. The summed E-state index contributed by atoms with van der Waals surface area (Å²) >= 11 is 0. The molecule has 0 atom stereocenters. The van der Waals surface area contributed by atoms with Gasteiger partial charge in [-0.15, -0.1) is 0 Å². The summed E-state index contributed by atoms with van der Waals surface area (Å²) in [6.45, 7) is 0.0881. The molecule has 36 heavy (non-hydrogen) atoms. The van der Waals surface area contributed by atoms with E-state index in [9.17, 15) is 13.2 Å². The van der Waals surface area contributed by atoms with Crippen LogP contribution in [0.2, 0.25) is 0 Å². The van der Waals surface area contributed by atoms with Crippen LogP contribution in [-0.2, 0) is 10.0 Å². The Labute approximate surface area is 208 Å². The third-order valence-electron chi connectivity index (χ3n) is 5.31. The number of hydrogen-bond acceptors (Lipinski definition) is 7. The molecule has 0 saturated carbocycles. The Kier molecular flexibility index (Phi) is 7.68. The summed E-state index contributed by atoms with van der Waals surface area (Å²) in [6.07, 6.45) is 3.53. The molecule has 0 bridgehead atoms. The van der Waals surface area contributed by atoms with Gasteiger partial charge in [0.05, 0.1) is 21.7 Å². The van der Waals surface area contributed by atoms with E-state index in [2.05, 4.69) is 32.0 Å². The molecule has 2 aromatic heterocycles. The number of fused-ring (bicyclic) bond motifs is 1. The Morgan fingerprint density at radius 2 is 1.67 bits per heavy atom. The fraction of sp³-hybridized carbons (Fsp3) is 0.115. The summed E-state index contributed by atoms with van der Waals surface area (Å²) in [7, 11) is -3.62. The van der Waals surface area contributed by atoms with Gasteiger partial charge in [-0.25, -0.2) is 24.0 Å². The molecule has 9 nitrogen and oxygen atoms in total. The van der Waals surface area contributed by atoms with Crippen molar-refractivity contribution >= 4 is 26.8 Å². The number of nitrogen functional groups attached to an aromatic ring is 1. The van der Waals surface area contributed by atoms with E-state index in [1.54, 1.807) is 36.7 Å². The zero-order valence-corrected chi connectivity index (χ0v) is 19.9. The largest absolute Gasteiger partial charge is 0.396 e. The zero-order chi connectivity index (χ0) is 25.5. The van der Waals surface area contributed by atoms with E-state index in [4.69, 9.17) is 10.9 Å². The van der Waals surface area contributed by atoms with Crippen LogP contribution in [0.5, 0.6) is 0 Å². The number of nitrogens with zero attached hydrogens (tertiary/aromatic N) is 2. The highest BCUT2D eigenvalue weighted by Gasteiger charge is 2.14. The Morgan fingerprint density at radius 3 is 2.31 bits per heavy atom. The average molecular weight is 502 g/mol. The number of sulfonamides is 1. The smallest absolute Gasteiger partial charge is 0.265 e. The summed E-state index contributed by atoms with van der Waals surface area (Å²) in [6, 6.07) is 17.1. The van der Waals surface area contributed by atoms with Crippen LogP contribution in [0, 0.1) is 11.8 Å². The van der Waals surface area contributed by atoms with Gasteiger partial charge in [0, 0.05) is 47.6 Å². The van der Waals surface area contributed by atoms with Gasteiger partial charge < -0.3 is 5.11 Å². The Morgan fingerprint density at radius 1 is 1.00 bits per heavy atom. The Hall–Kier alpha value is -4.14. The van der Waals surface area contributed by atoms with Gasteiger partial charge in [0.15, 0.2) is 0 Å². The van der Waals surface area contributed by atoms with Crippen molar-refractivity contribution in [2.24, 2.45) is 5.84 Å². The molecule has 0 saturated heterocycles. The van der Waals surface area contributed by atoms with Gasteiger partial charge in [0.25, 0.3) is 5.91 Å². The van der Waals surface area contributed by atoms with E-state index < -0.39 is 15.9 Å². The van der Waals surface area contributed by atoms with Crippen molar-refractivity contribution in [3.05, 3.63) is 89.7 Å². The van der Waals surface area contributed by atoms with E-state index in [1.165, 1.54) is 12.1 Å². The fourth-order valence-corrected chi connectivity index (χ4v) is 4.51. The summed E-state index contributed by atoms with van der Waals surface area (Å²) < 4.78 is 26.9. The molecule has 0 aliphatic carbocycles. The molecule has 1 amide bonds. The van der Waals surface area contributed by atoms with Crippen molar-refractivity contribution in [1.82, 2.24) is 20.1 Å². The van der Waals surface area contributed by atoms with Crippen molar-refractivity contribution in [2.75, 3.05) is 13.2 Å². The lowest BCUT2D eigenvalue weighted by atomic mass is 10.0. The van der Waals surface area contributed by atoms with Crippen LogP contribution in [0.25, 0.3) is 22.2 Å². The quantitative estimate of drug-likeness (QED) is 0.0995. The van der Waals surface area contributed by atoms with Gasteiger partial charge in [-0.1, -0.05) is 24.0 Å². The maximum atomic E-state index is 12.3. The number of hydrogen-bond donors (Lipinski definition) is 4. The molecule has 4 aromatic rings. The highest BCUT2D eigenvalue weighted by Crippen LogP contribution is 2.24. The second-order valence-corrected chi connectivity index (χ2v) is 9.51. The summed E-state index contributed by atoms with van der Waals surface area (Å²) in [5.74, 6) is 11.0. The summed E-state index contributed by atoms with van der Waals surface area (Å²) in [5.41, 5.74) is 5.99. The molecule has 0 unspecified atom stereocenters. The maximum absolute atomic E-state index is 12.3. The lowest BCUT2D eigenvalue weighted by Gasteiger charge is -2.08. The van der Waals surface area contributed by atoms with Gasteiger partial charge >= 0.3 is 0 Å². The molecular weight excluding hydrogens is 478 g/mol. The van der Waals surface area contributed by atoms with Crippen molar-refractivity contribution in [3.8, 4) is 23.1 Å². The van der Waals surface area contributed by atoms with E-state index in [1.807, 2.05) is 24.3 Å². The minimum Gasteiger partial charge on any atom is -0.396 e. The van der Waals surface area contributed by atoms with Gasteiger partial charge in [0.1, 0.15) is 0 Å². The van der Waals surface area contributed by atoms with Crippen molar-refractivity contribution in [2.45, 2.75) is 11.3 Å². The summed E-state index contributed by atoms with van der Waals surface area (Å²) in [5, 5.41) is 9.40. The number of rotatable bonds is 7. The number of pyridine rings is 2. The van der Waals surface area contributed by atoms with Gasteiger partial charge in [-0.2, -0.15) is 0 Å². The van der Waals surface area contributed by atoms with E-state index in [-0.39, 0.29) is 18.0 Å². The molecule has 2 aromatic carbocycles. The molecule has 0 aliphatic rings. The first-order valence-corrected chi connectivity index (χ1v) is 12.5. The van der Waals surface area contributed by atoms with Gasteiger partial charge in [0.2, 0.25) is 10.0 Å². The van der Waals surface area contributed by atoms with Crippen molar-refractivity contribution in [3.63, 3.8) is 0 Å². The van der Waals surface area contributed by atoms with Crippen LogP contribution < -0.4 is 16.0 Å². The molecule has 0 spiro atoms. The molecule has 2 heterocycles. The standard InChI is InChI=1S/C26H23N5O4S/c27-31-26(33)22-16-25(30-24-12-14-28-17-23(22)24)20-8-4-18(5-9-20)2-3-19-6-10-21(11-7-19)36(34,35)29-13-1-15-32/h4-12,14,16-17,29,32H,1,13,15,27H2,(H,31,33). The van der Waals surface area contributed by atoms with Crippen LogP contribution in [0.4, 0.5) is 0 Å². The summed E-state index contributed by atoms with van der Waals surface area (Å²) in [4.78, 5) is 21.1. The number of aliphatic hydroxyl groups excluding tert-OH is 1. The number of benzene rings is 2. The number of aliphatic hydroxyl groups is 1. The van der Waals surface area contributed by atoms with Crippen LogP contribution in [0.3, 0.4) is 0 Å². The SMILES string of the molecule is NNC(=O)c1cc(-c2ccc(C#Cc3ccc(S(=O)(=O)NCCCO)cc3)cc2)nc2ccncc12. The first-order valence-electron chi connectivity index (χ1n) is 11.0. The molecule has 0 fully saturated rings. The molecule has 5 N–H and O–H groups in total. The van der Waals surface area contributed by atoms with Crippen molar-refractivity contribution in [1.29, 1.82) is 0 Å². The van der Waals surface area contributed by atoms with E-state index >= 15 is 0 Å². The molecular formula is C26H23N5O4S. The average Bonchev–Trinajstić information content (AvgIpc) is 2.91. The molecule has 10 heteroatoms. The van der Waals surface area contributed by atoms with E-state index in [0.29, 0.717) is 34.1 Å². The highest BCUT2D eigenvalue weighted by molar-refractivity contribution is 7.89. The lowest BCUT2D eigenvalue weighted by molar-refractivity contribution is 0.0955. The number of nitrogens with two attached hydrogens (primary N) is 1. The monoisotopic (exact) mass is 501 g/mol. The fourth-order valence-electron chi connectivity index (χ4n) is 3.44. The lowest BCUT2D eigenvalue weighted by Crippen LogP contribution is -2.30. The number of nitrogens with one attached hydrogen (secondary N) is 2. The highest BCUT2D eigenvalue weighted by atomic mass is 32.2. The molecule has 0 radical (unpaired) electrons. The van der Waals surface area contributed by atoms with Crippen LogP contribution in [-0.4, -0.2) is 42.6 Å². The second-order valence-electron chi connectivity index (χ2n) is 7.75.